The third-order valence-electron chi connectivity index (χ3n) is 4.96. The Bertz CT molecular complexity index is 728. The van der Waals surface area contributed by atoms with E-state index in [0.717, 1.165) is 0 Å². The van der Waals surface area contributed by atoms with Gasteiger partial charge in [-0.2, -0.15) is 0 Å². The van der Waals surface area contributed by atoms with E-state index in [0.29, 0.717) is 6.42 Å². The van der Waals surface area contributed by atoms with Gasteiger partial charge in [-0.15, -0.1) is 0 Å². The Morgan fingerprint density at radius 2 is 1.52 bits per heavy atom. The molecule has 0 aromatic heterocycles. The molecule has 0 aromatic carbocycles. The lowest BCUT2D eigenvalue weighted by atomic mass is 9.93. The molecule has 0 aliphatic carbocycles. The van der Waals surface area contributed by atoms with Gasteiger partial charge in [0, 0.05) is 6.54 Å². The smallest absolute Gasteiger partial charge is 0.405 e. The minimum absolute atomic E-state index is 0.0194. The molecule has 0 fully saturated rings. The standard InChI is InChI=1S/C20H36N6O7/c1-5-11(4)14(26-17(29)13(9-10(2)3)25-20(32)33)15(27)18(30)24-12(16(21)28)7-6-8-23-19(22)31/h10-14,25H,5-9H2,1-4H3,(H2,21,28)(H,24,30)(H,26,29)(H,32,33)(H3,22,23,31). The van der Waals surface area contributed by atoms with Crippen LogP contribution in [0.25, 0.3) is 0 Å². The Kier molecular flexibility index (Phi) is 13.1. The molecule has 4 atom stereocenters. The summed E-state index contributed by atoms with van der Waals surface area (Å²) in [7, 11) is 0. The molecule has 0 saturated heterocycles. The van der Waals surface area contributed by atoms with Gasteiger partial charge in [-0.1, -0.05) is 34.1 Å². The van der Waals surface area contributed by atoms with Crippen LogP contribution in [0, 0.1) is 11.8 Å². The highest BCUT2D eigenvalue weighted by molar-refractivity contribution is 6.38. The van der Waals surface area contributed by atoms with Crippen LogP contribution in [0.4, 0.5) is 9.59 Å². The molecule has 9 N–H and O–H groups in total. The number of urea groups is 1. The highest BCUT2D eigenvalue weighted by Crippen LogP contribution is 2.12. The molecule has 0 heterocycles. The van der Waals surface area contributed by atoms with Gasteiger partial charge < -0.3 is 37.8 Å². The number of nitrogens with one attached hydrogen (secondary N) is 4. The molecule has 188 valence electrons. The van der Waals surface area contributed by atoms with E-state index >= 15 is 0 Å². The second kappa shape index (κ2) is 14.6. The third-order valence-corrected chi connectivity index (χ3v) is 4.96. The van der Waals surface area contributed by atoms with Crippen LogP contribution in [-0.2, 0) is 19.2 Å². The van der Waals surface area contributed by atoms with E-state index in [9.17, 15) is 28.8 Å². The molecule has 0 aliphatic rings. The molecular formula is C20H36N6O7. The Hall–Kier alpha value is -3.38. The maximum absolute atomic E-state index is 12.8. The van der Waals surface area contributed by atoms with E-state index in [2.05, 4.69) is 21.3 Å². The van der Waals surface area contributed by atoms with Gasteiger partial charge in [0.1, 0.15) is 12.1 Å². The first-order chi connectivity index (χ1) is 15.3. The molecular weight excluding hydrogens is 436 g/mol. The average molecular weight is 473 g/mol. The van der Waals surface area contributed by atoms with Crippen molar-refractivity contribution in [3.8, 4) is 0 Å². The van der Waals surface area contributed by atoms with Crippen molar-refractivity contribution >= 4 is 35.6 Å². The normalized spacial score (nSPS) is 14.3. The van der Waals surface area contributed by atoms with E-state index in [1.807, 2.05) is 0 Å². The topological polar surface area (TPSA) is 223 Å². The minimum atomic E-state index is -1.39. The molecule has 0 aliphatic heterocycles. The largest absolute Gasteiger partial charge is 0.465 e. The van der Waals surface area contributed by atoms with Crippen molar-refractivity contribution in [2.45, 2.75) is 71.5 Å². The first-order valence-electron chi connectivity index (χ1n) is 10.8. The Labute approximate surface area is 192 Å². The van der Waals surface area contributed by atoms with Crippen LogP contribution < -0.4 is 32.7 Å². The predicted octanol–water partition coefficient (Wildman–Crippen LogP) is -0.813. The van der Waals surface area contributed by atoms with Crippen molar-refractivity contribution in [2.24, 2.45) is 23.3 Å². The number of primary amides is 2. The Morgan fingerprint density at radius 3 is 1.97 bits per heavy atom. The number of hydrogen-bond acceptors (Lipinski definition) is 6. The molecule has 0 rings (SSSR count). The molecule has 0 saturated carbocycles. The van der Waals surface area contributed by atoms with Crippen LogP contribution in [-0.4, -0.2) is 65.4 Å². The van der Waals surface area contributed by atoms with Gasteiger partial charge in [0.25, 0.3) is 5.91 Å². The van der Waals surface area contributed by atoms with Crippen molar-refractivity contribution < 1.29 is 33.9 Å². The van der Waals surface area contributed by atoms with Gasteiger partial charge in [-0.3, -0.25) is 19.2 Å². The number of ketones is 1. The molecule has 0 radical (unpaired) electrons. The van der Waals surface area contributed by atoms with Crippen molar-refractivity contribution in [1.82, 2.24) is 21.3 Å². The van der Waals surface area contributed by atoms with Crippen molar-refractivity contribution in [2.75, 3.05) is 6.54 Å². The summed E-state index contributed by atoms with van der Waals surface area (Å²) in [6.07, 6.45) is -0.463. The van der Waals surface area contributed by atoms with Crippen LogP contribution in [0.5, 0.6) is 0 Å². The van der Waals surface area contributed by atoms with Crippen LogP contribution >= 0.6 is 0 Å². The molecule has 0 spiro atoms. The van der Waals surface area contributed by atoms with E-state index in [-0.39, 0.29) is 31.7 Å². The summed E-state index contributed by atoms with van der Waals surface area (Å²) in [6.45, 7) is 7.16. The zero-order chi connectivity index (χ0) is 25.7. The fourth-order valence-electron chi connectivity index (χ4n) is 2.98. The zero-order valence-corrected chi connectivity index (χ0v) is 19.5. The van der Waals surface area contributed by atoms with E-state index in [4.69, 9.17) is 16.6 Å². The lowest BCUT2D eigenvalue weighted by Crippen LogP contribution is -2.57. The average Bonchev–Trinajstić information content (AvgIpc) is 2.71. The third kappa shape index (κ3) is 11.7. The van der Waals surface area contributed by atoms with Crippen LogP contribution in [0.2, 0.25) is 0 Å². The monoisotopic (exact) mass is 472 g/mol. The quantitative estimate of drug-likeness (QED) is 0.118. The first kappa shape index (κ1) is 29.6. The first-order valence-corrected chi connectivity index (χ1v) is 10.8. The number of rotatable bonds is 15. The maximum Gasteiger partial charge on any atom is 0.405 e. The fourth-order valence-corrected chi connectivity index (χ4v) is 2.98. The minimum Gasteiger partial charge on any atom is -0.465 e. The van der Waals surface area contributed by atoms with Crippen molar-refractivity contribution in [3.05, 3.63) is 0 Å². The molecule has 33 heavy (non-hydrogen) atoms. The summed E-state index contributed by atoms with van der Waals surface area (Å²) in [4.78, 5) is 71.5. The van der Waals surface area contributed by atoms with Gasteiger partial charge in [0.05, 0.1) is 6.04 Å². The number of hydrogen-bond donors (Lipinski definition) is 7. The summed E-state index contributed by atoms with van der Waals surface area (Å²) in [5.41, 5.74) is 10.2. The highest BCUT2D eigenvalue weighted by atomic mass is 16.4. The number of carbonyl (C=O) groups excluding carboxylic acids is 5. The number of amides is 6. The van der Waals surface area contributed by atoms with Gasteiger partial charge in [-0.25, -0.2) is 9.59 Å². The lowest BCUT2D eigenvalue weighted by molar-refractivity contribution is -0.142. The summed E-state index contributed by atoms with van der Waals surface area (Å²) in [6, 6.07) is -4.27. The lowest BCUT2D eigenvalue weighted by Gasteiger charge is -2.26. The summed E-state index contributed by atoms with van der Waals surface area (Å²) in [5.74, 6) is -4.18. The van der Waals surface area contributed by atoms with E-state index in [1.165, 1.54) is 0 Å². The predicted molar refractivity (Wildman–Crippen MR) is 119 cm³/mol. The molecule has 6 amide bonds. The van der Waals surface area contributed by atoms with Crippen LogP contribution in [0.1, 0.15) is 53.4 Å². The second-order valence-electron chi connectivity index (χ2n) is 8.23. The van der Waals surface area contributed by atoms with Gasteiger partial charge >= 0.3 is 12.1 Å². The van der Waals surface area contributed by atoms with Crippen molar-refractivity contribution in [3.63, 3.8) is 0 Å². The van der Waals surface area contributed by atoms with Gasteiger partial charge in [-0.05, 0) is 31.1 Å². The summed E-state index contributed by atoms with van der Waals surface area (Å²) in [5, 5.41) is 18.2. The van der Waals surface area contributed by atoms with Crippen LogP contribution in [0.3, 0.4) is 0 Å². The Morgan fingerprint density at radius 1 is 0.909 bits per heavy atom. The van der Waals surface area contributed by atoms with Gasteiger partial charge in [0.15, 0.2) is 0 Å². The van der Waals surface area contributed by atoms with Gasteiger partial charge in [0.2, 0.25) is 17.6 Å². The molecule has 0 aromatic rings. The van der Waals surface area contributed by atoms with E-state index < -0.39 is 59.7 Å². The number of nitrogens with two attached hydrogens (primary N) is 2. The number of carbonyl (C=O) groups is 6. The molecule has 0 bridgehead atoms. The molecule has 13 heteroatoms. The zero-order valence-electron chi connectivity index (χ0n) is 19.5. The van der Waals surface area contributed by atoms with Crippen LogP contribution in [0.15, 0.2) is 0 Å². The molecule has 4 unspecified atom stereocenters. The number of Topliss-reactive ketones (excluding diaryl/α,β-unsaturated/α-hetero) is 1. The Balaban J connectivity index is 5.36. The molecule has 13 nitrogen and oxygen atoms in total. The SMILES string of the molecule is CCC(C)C(NC(=O)C(CC(C)C)NC(=O)O)C(=O)C(=O)NC(CCCNC(N)=O)C(N)=O. The van der Waals surface area contributed by atoms with Crippen molar-refractivity contribution in [1.29, 1.82) is 0 Å². The second-order valence-corrected chi connectivity index (χ2v) is 8.23. The highest BCUT2D eigenvalue weighted by Gasteiger charge is 2.34. The van der Waals surface area contributed by atoms with E-state index in [1.54, 1.807) is 27.7 Å². The summed E-state index contributed by atoms with van der Waals surface area (Å²) < 4.78 is 0. The summed E-state index contributed by atoms with van der Waals surface area (Å²) >= 11 is 0. The fraction of sp³-hybridized carbons (Fsp3) is 0.700. The maximum atomic E-state index is 12.8. The number of carboxylic acid groups (broad SMARTS) is 1.